The summed E-state index contributed by atoms with van der Waals surface area (Å²) in [4.78, 5) is 55.9. The van der Waals surface area contributed by atoms with Crippen LogP contribution >= 0.6 is 23.4 Å². The molecule has 0 atom stereocenters. The largest absolute Gasteiger partial charge is 0.353 e. The fraction of sp³-hybridized carbons (Fsp3) is 0.333. The van der Waals surface area contributed by atoms with Crippen LogP contribution in [-0.2, 0) is 16.1 Å². The van der Waals surface area contributed by atoms with Gasteiger partial charge in [-0.25, -0.2) is 0 Å². The van der Waals surface area contributed by atoms with Crippen LogP contribution in [0.3, 0.4) is 0 Å². The van der Waals surface area contributed by atoms with Gasteiger partial charge in [-0.15, -0.1) is 0 Å². The first-order chi connectivity index (χ1) is 17.7. The van der Waals surface area contributed by atoms with E-state index in [2.05, 4.69) is 5.32 Å². The lowest BCUT2D eigenvalue weighted by atomic mass is 10.1. The molecular weight excluding hydrogens is 512 g/mol. The SMILES string of the molecule is CC(C)NC(=O)CN1CCN(C(=O)c2cccc(/C=C3\SC(=O)N(Cc4cccc(Cl)c4)C3=O)c2)CC1. The number of nitrogens with zero attached hydrogens (tertiary/aromatic N) is 3. The Morgan fingerprint density at radius 3 is 2.49 bits per heavy atom. The summed E-state index contributed by atoms with van der Waals surface area (Å²) in [7, 11) is 0. The maximum Gasteiger partial charge on any atom is 0.293 e. The molecule has 2 aromatic rings. The number of piperazine rings is 1. The van der Waals surface area contributed by atoms with Crippen molar-refractivity contribution in [2.45, 2.75) is 26.4 Å². The van der Waals surface area contributed by atoms with Crippen LogP contribution in [0.5, 0.6) is 0 Å². The van der Waals surface area contributed by atoms with E-state index in [1.54, 1.807) is 53.4 Å². The lowest BCUT2D eigenvalue weighted by Gasteiger charge is -2.34. The van der Waals surface area contributed by atoms with Crippen molar-refractivity contribution >= 4 is 52.4 Å². The maximum atomic E-state index is 13.1. The van der Waals surface area contributed by atoms with Crippen LogP contribution in [0.4, 0.5) is 4.79 Å². The molecule has 2 heterocycles. The van der Waals surface area contributed by atoms with E-state index in [0.717, 1.165) is 17.3 Å². The molecule has 2 aromatic carbocycles. The van der Waals surface area contributed by atoms with Gasteiger partial charge in [-0.3, -0.25) is 29.0 Å². The molecule has 0 saturated carbocycles. The third-order valence-electron chi connectivity index (χ3n) is 6.01. The molecule has 10 heteroatoms. The minimum absolute atomic E-state index is 0.0144. The molecule has 0 unspecified atom stereocenters. The topological polar surface area (TPSA) is 90.0 Å². The molecule has 4 amide bonds. The Balaban J connectivity index is 1.38. The number of benzene rings is 2. The Morgan fingerprint density at radius 2 is 1.78 bits per heavy atom. The second kappa shape index (κ2) is 11.9. The Kier molecular flexibility index (Phi) is 8.68. The summed E-state index contributed by atoms with van der Waals surface area (Å²) in [5.41, 5.74) is 1.95. The van der Waals surface area contributed by atoms with Gasteiger partial charge in [0.1, 0.15) is 0 Å². The lowest BCUT2D eigenvalue weighted by molar-refractivity contribution is -0.124. The molecule has 0 bridgehead atoms. The van der Waals surface area contributed by atoms with Crippen molar-refractivity contribution in [1.82, 2.24) is 20.0 Å². The van der Waals surface area contributed by atoms with Gasteiger partial charge < -0.3 is 10.2 Å². The van der Waals surface area contributed by atoms with Crippen LogP contribution in [0, 0.1) is 0 Å². The number of thioether (sulfide) groups is 1. The average molecular weight is 541 g/mol. The number of halogens is 1. The molecule has 2 aliphatic heterocycles. The summed E-state index contributed by atoms with van der Waals surface area (Å²) in [6.07, 6.45) is 1.64. The minimum atomic E-state index is -0.371. The summed E-state index contributed by atoms with van der Waals surface area (Å²) in [5.74, 6) is -0.487. The van der Waals surface area contributed by atoms with Gasteiger partial charge in [-0.1, -0.05) is 35.9 Å². The van der Waals surface area contributed by atoms with Crippen LogP contribution < -0.4 is 5.32 Å². The molecule has 8 nitrogen and oxygen atoms in total. The number of rotatable bonds is 7. The predicted molar refractivity (Wildman–Crippen MR) is 145 cm³/mol. The Morgan fingerprint density at radius 1 is 1.05 bits per heavy atom. The third kappa shape index (κ3) is 7.00. The number of imide groups is 1. The zero-order valence-corrected chi connectivity index (χ0v) is 22.3. The second-order valence-electron chi connectivity index (χ2n) is 9.31. The summed E-state index contributed by atoms with van der Waals surface area (Å²) >= 11 is 6.91. The van der Waals surface area contributed by atoms with Crippen molar-refractivity contribution in [1.29, 1.82) is 0 Å². The van der Waals surface area contributed by atoms with Gasteiger partial charge in [-0.05, 0) is 67.1 Å². The Hall–Kier alpha value is -3.14. The fourth-order valence-electron chi connectivity index (χ4n) is 4.23. The predicted octanol–water partition coefficient (Wildman–Crippen LogP) is 3.86. The van der Waals surface area contributed by atoms with Crippen molar-refractivity contribution in [3.8, 4) is 0 Å². The van der Waals surface area contributed by atoms with Crippen LogP contribution in [0.2, 0.25) is 5.02 Å². The standard InChI is InChI=1S/C27H29ClN4O4S/c1-18(2)29-24(33)17-30-9-11-31(12-10-30)25(34)21-7-3-5-19(13-21)15-23-26(35)32(27(36)37-23)16-20-6-4-8-22(28)14-20/h3-8,13-15,18H,9-12,16-17H2,1-2H3,(H,29,33)/b23-15-. The number of nitrogens with one attached hydrogen (secondary N) is 1. The van der Waals surface area contributed by atoms with E-state index in [1.807, 2.05) is 24.8 Å². The highest BCUT2D eigenvalue weighted by Crippen LogP contribution is 2.33. The number of hydrogen-bond donors (Lipinski definition) is 1. The van der Waals surface area contributed by atoms with Crippen molar-refractivity contribution in [2.75, 3.05) is 32.7 Å². The maximum absolute atomic E-state index is 13.1. The van der Waals surface area contributed by atoms with E-state index >= 15 is 0 Å². The van der Waals surface area contributed by atoms with Gasteiger partial charge >= 0.3 is 0 Å². The van der Waals surface area contributed by atoms with Crippen LogP contribution in [0.25, 0.3) is 6.08 Å². The quantitative estimate of drug-likeness (QED) is 0.536. The molecule has 2 aliphatic rings. The van der Waals surface area contributed by atoms with E-state index in [0.29, 0.717) is 53.8 Å². The number of hydrogen-bond acceptors (Lipinski definition) is 6. The van der Waals surface area contributed by atoms with E-state index in [4.69, 9.17) is 11.6 Å². The highest BCUT2D eigenvalue weighted by Gasteiger charge is 2.35. The molecule has 0 spiro atoms. The number of amides is 4. The molecule has 2 saturated heterocycles. The van der Waals surface area contributed by atoms with Gasteiger partial charge in [0.05, 0.1) is 18.0 Å². The van der Waals surface area contributed by atoms with Crippen LogP contribution in [0.1, 0.15) is 35.3 Å². The van der Waals surface area contributed by atoms with Gasteiger partial charge in [0.2, 0.25) is 5.91 Å². The Bertz CT molecular complexity index is 1240. The zero-order chi connectivity index (χ0) is 26.5. The van der Waals surface area contributed by atoms with Crippen molar-refractivity contribution in [3.63, 3.8) is 0 Å². The second-order valence-corrected chi connectivity index (χ2v) is 10.7. The molecular formula is C27H29ClN4O4S. The third-order valence-corrected chi connectivity index (χ3v) is 7.15. The first kappa shape index (κ1) is 26.9. The lowest BCUT2D eigenvalue weighted by Crippen LogP contribution is -2.51. The summed E-state index contributed by atoms with van der Waals surface area (Å²) in [5, 5.41) is 3.08. The number of carbonyl (C=O) groups is 4. The summed E-state index contributed by atoms with van der Waals surface area (Å²) in [6, 6.07) is 14.2. The van der Waals surface area contributed by atoms with Gasteiger partial charge in [-0.2, -0.15) is 0 Å². The molecule has 1 N–H and O–H groups in total. The molecule has 4 rings (SSSR count). The summed E-state index contributed by atoms with van der Waals surface area (Å²) < 4.78 is 0. The van der Waals surface area contributed by atoms with Crippen LogP contribution in [0.15, 0.2) is 53.4 Å². The molecule has 194 valence electrons. The smallest absolute Gasteiger partial charge is 0.293 e. The van der Waals surface area contributed by atoms with E-state index < -0.39 is 0 Å². The van der Waals surface area contributed by atoms with Crippen molar-refractivity contribution in [3.05, 3.63) is 75.1 Å². The normalized spacial score (nSPS) is 17.7. The van der Waals surface area contributed by atoms with Gasteiger partial charge in [0, 0.05) is 42.8 Å². The fourth-order valence-corrected chi connectivity index (χ4v) is 5.28. The average Bonchev–Trinajstić information content (AvgIpc) is 3.11. The monoisotopic (exact) mass is 540 g/mol. The highest BCUT2D eigenvalue weighted by molar-refractivity contribution is 8.18. The minimum Gasteiger partial charge on any atom is -0.353 e. The summed E-state index contributed by atoms with van der Waals surface area (Å²) in [6.45, 7) is 6.62. The van der Waals surface area contributed by atoms with Gasteiger partial charge in [0.15, 0.2) is 0 Å². The molecule has 2 fully saturated rings. The molecule has 0 radical (unpaired) electrons. The first-order valence-electron chi connectivity index (χ1n) is 12.1. The Labute approximate surface area is 225 Å². The van der Waals surface area contributed by atoms with Gasteiger partial charge in [0.25, 0.3) is 17.1 Å². The van der Waals surface area contributed by atoms with E-state index in [-0.39, 0.29) is 35.5 Å². The van der Waals surface area contributed by atoms with Crippen molar-refractivity contribution < 1.29 is 19.2 Å². The van der Waals surface area contributed by atoms with E-state index in [9.17, 15) is 19.2 Å². The molecule has 0 aliphatic carbocycles. The van der Waals surface area contributed by atoms with Crippen molar-refractivity contribution in [2.24, 2.45) is 0 Å². The highest BCUT2D eigenvalue weighted by atomic mass is 35.5. The van der Waals surface area contributed by atoms with Crippen LogP contribution in [-0.4, -0.2) is 76.4 Å². The number of carbonyl (C=O) groups excluding carboxylic acids is 4. The first-order valence-corrected chi connectivity index (χ1v) is 13.3. The van der Waals surface area contributed by atoms with E-state index in [1.165, 1.54) is 4.90 Å². The molecule has 37 heavy (non-hydrogen) atoms. The zero-order valence-electron chi connectivity index (χ0n) is 20.8. The molecule has 0 aromatic heterocycles.